The molecule has 0 radical (unpaired) electrons. The lowest BCUT2D eigenvalue weighted by Crippen LogP contribution is -2.49. The third kappa shape index (κ3) is 5.34. The van der Waals surface area contributed by atoms with E-state index in [2.05, 4.69) is 10.2 Å². The smallest absolute Gasteiger partial charge is 0.237 e. The molecule has 2 rings (SSSR count). The highest BCUT2D eigenvalue weighted by molar-refractivity contribution is 7.99. The summed E-state index contributed by atoms with van der Waals surface area (Å²) >= 11 is 1.93. The van der Waals surface area contributed by atoms with Crippen LogP contribution in [0.1, 0.15) is 12.5 Å². The fraction of sp³-hybridized carbons (Fsp3) is 0.562. The van der Waals surface area contributed by atoms with Gasteiger partial charge in [0.05, 0.1) is 12.1 Å². The first kappa shape index (κ1) is 16.3. The predicted molar refractivity (Wildman–Crippen MR) is 87.5 cm³/mol. The Balaban J connectivity index is 1.72. The number of aliphatic hydroxyl groups excluding tert-OH is 1. The van der Waals surface area contributed by atoms with E-state index in [4.69, 9.17) is 0 Å². The summed E-state index contributed by atoms with van der Waals surface area (Å²) in [6, 6.07) is 9.72. The molecular weight excluding hydrogens is 284 g/mol. The number of nitrogens with zero attached hydrogens (tertiary/aromatic N) is 1. The first-order chi connectivity index (χ1) is 10.2. The van der Waals surface area contributed by atoms with Gasteiger partial charge in [0.25, 0.3) is 0 Å². The van der Waals surface area contributed by atoms with Gasteiger partial charge in [-0.05, 0) is 12.5 Å². The summed E-state index contributed by atoms with van der Waals surface area (Å²) < 4.78 is 0. The van der Waals surface area contributed by atoms with Crippen molar-refractivity contribution >= 4 is 17.7 Å². The number of hydrogen-bond donors (Lipinski definition) is 2. The SMILES string of the molecule is CC(C(=O)NCC(O)Cc1ccccc1)N1CCSCC1. The van der Waals surface area contributed by atoms with E-state index < -0.39 is 6.10 Å². The van der Waals surface area contributed by atoms with Gasteiger partial charge in [-0.15, -0.1) is 0 Å². The molecule has 5 heteroatoms. The minimum atomic E-state index is -0.541. The molecule has 0 aromatic heterocycles. The fourth-order valence-electron chi connectivity index (χ4n) is 2.46. The summed E-state index contributed by atoms with van der Waals surface area (Å²) in [7, 11) is 0. The molecule has 2 atom stereocenters. The maximum Gasteiger partial charge on any atom is 0.237 e. The van der Waals surface area contributed by atoms with Crippen LogP contribution in [0.4, 0.5) is 0 Å². The van der Waals surface area contributed by atoms with E-state index in [1.54, 1.807) is 0 Å². The van der Waals surface area contributed by atoms with E-state index in [0.717, 1.165) is 30.2 Å². The number of benzene rings is 1. The molecule has 4 nitrogen and oxygen atoms in total. The van der Waals surface area contributed by atoms with Crippen LogP contribution in [0.2, 0.25) is 0 Å². The number of nitrogens with one attached hydrogen (secondary N) is 1. The summed E-state index contributed by atoms with van der Waals surface area (Å²) in [5, 5.41) is 12.9. The van der Waals surface area contributed by atoms with Crippen LogP contribution in [-0.4, -0.2) is 59.2 Å². The van der Waals surface area contributed by atoms with Crippen molar-refractivity contribution in [2.24, 2.45) is 0 Å². The molecule has 1 saturated heterocycles. The molecule has 1 aromatic carbocycles. The molecular formula is C16H24N2O2S. The zero-order valence-corrected chi connectivity index (χ0v) is 13.3. The minimum Gasteiger partial charge on any atom is -0.391 e. The molecule has 0 saturated carbocycles. The van der Waals surface area contributed by atoms with Crippen molar-refractivity contribution in [2.75, 3.05) is 31.1 Å². The third-order valence-corrected chi connectivity index (χ3v) is 4.74. The predicted octanol–water partition coefficient (Wildman–Crippen LogP) is 1.14. The molecule has 21 heavy (non-hydrogen) atoms. The number of amides is 1. The van der Waals surface area contributed by atoms with E-state index in [-0.39, 0.29) is 11.9 Å². The van der Waals surface area contributed by atoms with Gasteiger partial charge in [-0.3, -0.25) is 9.69 Å². The fourth-order valence-corrected chi connectivity index (χ4v) is 3.39. The highest BCUT2D eigenvalue weighted by Gasteiger charge is 2.23. The zero-order chi connectivity index (χ0) is 15.1. The Kier molecular flexibility index (Phi) is 6.54. The van der Waals surface area contributed by atoms with E-state index >= 15 is 0 Å². The Hall–Kier alpha value is -1.04. The molecule has 1 fully saturated rings. The van der Waals surface area contributed by atoms with Crippen molar-refractivity contribution in [2.45, 2.75) is 25.5 Å². The monoisotopic (exact) mass is 308 g/mol. The first-order valence-electron chi connectivity index (χ1n) is 7.48. The Morgan fingerprint density at radius 1 is 1.33 bits per heavy atom. The van der Waals surface area contributed by atoms with Crippen LogP contribution in [0.25, 0.3) is 0 Å². The van der Waals surface area contributed by atoms with Crippen molar-refractivity contribution in [3.8, 4) is 0 Å². The average Bonchev–Trinajstić information content (AvgIpc) is 2.53. The summed E-state index contributed by atoms with van der Waals surface area (Å²) in [4.78, 5) is 14.3. The van der Waals surface area contributed by atoms with Crippen molar-refractivity contribution in [1.29, 1.82) is 0 Å². The van der Waals surface area contributed by atoms with Gasteiger partial charge in [-0.25, -0.2) is 0 Å². The second-order valence-electron chi connectivity index (χ2n) is 5.41. The second kappa shape index (κ2) is 8.41. The highest BCUT2D eigenvalue weighted by Crippen LogP contribution is 2.12. The summed E-state index contributed by atoms with van der Waals surface area (Å²) in [5.41, 5.74) is 1.08. The molecule has 116 valence electrons. The van der Waals surface area contributed by atoms with Gasteiger partial charge in [-0.2, -0.15) is 11.8 Å². The van der Waals surface area contributed by atoms with Gasteiger partial charge >= 0.3 is 0 Å². The van der Waals surface area contributed by atoms with Crippen LogP contribution in [0.5, 0.6) is 0 Å². The van der Waals surface area contributed by atoms with Gasteiger partial charge in [0.1, 0.15) is 0 Å². The van der Waals surface area contributed by atoms with Gasteiger partial charge < -0.3 is 10.4 Å². The van der Waals surface area contributed by atoms with Gasteiger partial charge in [0, 0.05) is 37.6 Å². The van der Waals surface area contributed by atoms with Gasteiger partial charge in [0.15, 0.2) is 0 Å². The Bertz CT molecular complexity index is 435. The van der Waals surface area contributed by atoms with E-state index in [0.29, 0.717) is 13.0 Å². The number of rotatable bonds is 6. The van der Waals surface area contributed by atoms with Crippen LogP contribution in [0, 0.1) is 0 Å². The van der Waals surface area contributed by atoms with Gasteiger partial charge in [0.2, 0.25) is 5.91 Å². The number of aliphatic hydroxyl groups is 1. The Morgan fingerprint density at radius 3 is 2.67 bits per heavy atom. The maximum absolute atomic E-state index is 12.1. The van der Waals surface area contributed by atoms with Crippen molar-refractivity contribution < 1.29 is 9.90 Å². The van der Waals surface area contributed by atoms with Crippen LogP contribution >= 0.6 is 11.8 Å². The lowest BCUT2D eigenvalue weighted by atomic mass is 10.1. The van der Waals surface area contributed by atoms with E-state index in [1.165, 1.54) is 0 Å². The molecule has 0 aliphatic carbocycles. The first-order valence-corrected chi connectivity index (χ1v) is 8.64. The number of thioether (sulfide) groups is 1. The molecule has 1 amide bonds. The molecule has 1 heterocycles. The lowest BCUT2D eigenvalue weighted by Gasteiger charge is -2.31. The van der Waals surface area contributed by atoms with Crippen LogP contribution < -0.4 is 5.32 Å². The normalized spacial score (nSPS) is 19.0. The summed E-state index contributed by atoms with van der Waals surface area (Å²) in [6.07, 6.45) is 0.0241. The number of carbonyl (C=O) groups is 1. The Labute approximate surface area is 130 Å². The standard InChI is InChI=1S/C16H24N2O2S/c1-13(18-7-9-21-10-8-18)16(20)17-12-15(19)11-14-5-3-2-4-6-14/h2-6,13,15,19H,7-12H2,1H3,(H,17,20). The Morgan fingerprint density at radius 2 is 2.00 bits per heavy atom. The van der Waals surface area contributed by atoms with Crippen molar-refractivity contribution in [3.05, 3.63) is 35.9 Å². The second-order valence-corrected chi connectivity index (χ2v) is 6.64. The molecule has 2 N–H and O–H groups in total. The van der Waals surface area contributed by atoms with Crippen molar-refractivity contribution in [3.63, 3.8) is 0 Å². The quantitative estimate of drug-likeness (QED) is 0.827. The average molecular weight is 308 g/mol. The van der Waals surface area contributed by atoms with Crippen LogP contribution in [0.15, 0.2) is 30.3 Å². The molecule has 1 aromatic rings. The lowest BCUT2D eigenvalue weighted by molar-refractivity contribution is -0.126. The topological polar surface area (TPSA) is 52.6 Å². The largest absolute Gasteiger partial charge is 0.391 e. The molecule has 0 spiro atoms. The molecule has 0 bridgehead atoms. The number of carbonyl (C=O) groups excluding carboxylic acids is 1. The highest BCUT2D eigenvalue weighted by atomic mass is 32.2. The summed E-state index contributed by atoms with van der Waals surface area (Å²) in [5.74, 6) is 2.19. The van der Waals surface area contributed by atoms with Crippen LogP contribution in [0.3, 0.4) is 0 Å². The molecule has 1 aliphatic heterocycles. The third-order valence-electron chi connectivity index (χ3n) is 3.80. The molecule has 2 unspecified atom stereocenters. The van der Waals surface area contributed by atoms with E-state index in [1.807, 2.05) is 49.0 Å². The summed E-state index contributed by atoms with van der Waals surface area (Å²) in [6.45, 7) is 4.17. The van der Waals surface area contributed by atoms with E-state index in [9.17, 15) is 9.90 Å². The maximum atomic E-state index is 12.1. The number of hydrogen-bond acceptors (Lipinski definition) is 4. The zero-order valence-electron chi connectivity index (χ0n) is 12.5. The molecule has 1 aliphatic rings. The van der Waals surface area contributed by atoms with Gasteiger partial charge in [-0.1, -0.05) is 30.3 Å². The van der Waals surface area contributed by atoms with Crippen molar-refractivity contribution in [1.82, 2.24) is 10.2 Å². The van der Waals surface area contributed by atoms with Crippen LogP contribution in [-0.2, 0) is 11.2 Å². The minimum absolute atomic E-state index is 0.00834.